The fraction of sp³-hybridized carbons (Fsp3) is 0.167. The summed E-state index contributed by atoms with van der Waals surface area (Å²) in [5.74, 6) is -0.427. The second-order valence-corrected chi connectivity index (χ2v) is 5.59. The lowest BCUT2D eigenvalue weighted by molar-refractivity contribution is 0.103. The van der Waals surface area contributed by atoms with Crippen LogP contribution < -0.4 is 10.1 Å². The van der Waals surface area contributed by atoms with Crippen molar-refractivity contribution in [2.45, 2.75) is 6.92 Å². The van der Waals surface area contributed by atoms with Crippen LogP contribution in [-0.4, -0.2) is 40.3 Å². The summed E-state index contributed by atoms with van der Waals surface area (Å²) in [4.78, 5) is 27.0. The molecule has 0 spiro atoms. The van der Waals surface area contributed by atoms with Crippen LogP contribution in [0.5, 0.6) is 5.88 Å². The van der Waals surface area contributed by atoms with Gasteiger partial charge in [-0.2, -0.15) is 0 Å². The van der Waals surface area contributed by atoms with Crippen molar-refractivity contribution in [3.8, 4) is 17.1 Å². The van der Waals surface area contributed by atoms with E-state index in [0.717, 1.165) is 0 Å². The van der Waals surface area contributed by atoms with Crippen molar-refractivity contribution in [2.75, 3.05) is 13.2 Å². The maximum Gasteiger partial charge on any atom is 0.413 e. The average molecular weight is 373 g/mol. The van der Waals surface area contributed by atoms with Crippen molar-refractivity contribution in [1.82, 2.24) is 15.5 Å². The Bertz CT molecular complexity index is 962. The minimum absolute atomic E-state index is 0.0479. The summed E-state index contributed by atoms with van der Waals surface area (Å²) in [7, 11) is 0. The minimum Gasteiger partial charge on any atom is -0.395 e. The van der Waals surface area contributed by atoms with Gasteiger partial charge in [-0.3, -0.25) is 4.79 Å². The largest absolute Gasteiger partial charge is 0.413 e. The zero-order valence-corrected chi connectivity index (χ0v) is 14.3. The fourth-order valence-electron chi connectivity index (χ4n) is 2.45. The molecular formula is C18H16FN3O5. The van der Waals surface area contributed by atoms with Crippen molar-refractivity contribution in [3.05, 3.63) is 59.2 Å². The number of carbonyl (C=O) groups excluding carboxylic acids is 2. The van der Waals surface area contributed by atoms with Crippen LogP contribution in [-0.2, 0) is 0 Å². The molecule has 8 nitrogen and oxygen atoms in total. The molecule has 0 radical (unpaired) electrons. The topological polar surface area (TPSA) is 117 Å². The third-order valence-corrected chi connectivity index (χ3v) is 3.71. The molecule has 0 bridgehead atoms. The maximum atomic E-state index is 13.1. The van der Waals surface area contributed by atoms with Gasteiger partial charge < -0.3 is 24.7 Å². The van der Waals surface area contributed by atoms with Gasteiger partial charge in [-0.25, -0.2) is 9.18 Å². The fourth-order valence-corrected chi connectivity index (χ4v) is 2.45. The van der Waals surface area contributed by atoms with Gasteiger partial charge in [0.1, 0.15) is 17.3 Å². The van der Waals surface area contributed by atoms with E-state index in [1.54, 1.807) is 6.92 Å². The van der Waals surface area contributed by atoms with Crippen LogP contribution in [0.4, 0.5) is 9.18 Å². The second-order valence-electron chi connectivity index (χ2n) is 5.59. The highest BCUT2D eigenvalue weighted by molar-refractivity contribution is 6.13. The van der Waals surface area contributed by atoms with Crippen molar-refractivity contribution >= 4 is 11.9 Å². The number of rotatable bonds is 6. The number of benzene rings is 1. The molecular weight excluding hydrogens is 357 g/mol. The monoisotopic (exact) mass is 373 g/mol. The molecule has 0 saturated heterocycles. The normalized spacial score (nSPS) is 10.6. The first-order chi connectivity index (χ1) is 13.0. The van der Waals surface area contributed by atoms with Crippen molar-refractivity contribution in [3.63, 3.8) is 0 Å². The molecule has 3 rings (SSSR count). The number of aromatic nitrogens is 2. The molecule has 2 heterocycles. The molecule has 0 fully saturated rings. The highest BCUT2D eigenvalue weighted by Gasteiger charge is 2.24. The molecule has 0 aliphatic rings. The first kappa shape index (κ1) is 18.3. The van der Waals surface area contributed by atoms with Crippen molar-refractivity contribution in [1.29, 1.82) is 0 Å². The Morgan fingerprint density at radius 1 is 1.33 bits per heavy atom. The van der Waals surface area contributed by atoms with Gasteiger partial charge in [0.15, 0.2) is 0 Å². The molecule has 27 heavy (non-hydrogen) atoms. The molecule has 0 saturated carbocycles. The van der Waals surface area contributed by atoms with Gasteiger partial charge in [-0.05, 0) is 31.2 Å². The zero-order valence-electron chi connectivity index (χ0n) is 14.3. The lowest BCUT2D eigenvalue weighted by atomic mass is 10.00. The number of aliphatic hydroxyl groups excluding tert-OH is 1. The Morgan fingerprint density at radius 3 is 2.78 bits per heavy atom. The number of hydrogen-bond acceptors (Lipinski definition) is 6. The first-order valence-electron chi connectivity index (χ1n) is 8.01. The Hall–Kier alpha value is -3.46. The zero-order chi connectivity index (χ0) is 19.4. The quantitative estimate of drug-likeness (QED) is 0.571. The maximum absolute atomic E-state index is 13.1. The van der Waals surface area contributed by atoms with Crippen LogP contribution >= 0.6 is 0 Å². The predicted molar refractivity (Wildman–Crippen MR) is 92.0 cm³/mol. The smallest absolute Gasteiger partial charge is 0.395 e. The molecule has 140 valence electrons. The summed E-state index contributed by atoms with van der Waals surface area (Å²) in [6.45, 7) is 1.42. The number of ketones is 1. The number of H-pyrrole nitrogens is 1. The number of carbonyl (C=O) groups is 2. The van der Waals surface area contributed by atoms with Crippen LogP contribution in [0.3, 0.4) is 0 Å². The van der Waals surface area contributed by atoms with E-state index in [2.05, 4.69) is 15.5 Å². The highest BCUT2D eigenvalue weighted by atomic mass is 19.1. The van der Waals surface area contributed by atoms with Gasteiger partial charge in [0, 0.05) is 29.9 Å². The summed E-state index contributed by atoms with van der Waals surface area (Å²) in [5, 5.41) is 14.9. The molecule has 0 aliphatic carbocycles. The van der Waals surface area contributed by atoms with Crippen LogP contribution in [0.2, 0.25) is 0 Å². The molecule has 0 atom stereocenters. The average Bonchev–Trinajstić information content (AvgIpc) is 3.27. The molecule has 2 aromatic heterocycles. The Balaban J connectivity index is 1.84. The van der Waals surface area contributed by atoms with Gasteiger partial charge in [-0.1, -0.05) is 5.16 Å². The van der Waals surface area contributed by atoms with E-state index in [4.69, 9.17) is 14.4 Å². The van der Waals surface area contributed by atoms with Gasteiger partial charge >= 0.3 is 6.09 Å². The van der Waals surface area contributed by atoms with Gasteiger partial charge in [0.25, 0.3) is 0 Å². The molecule has 3 N–H and O–H groups in total. The van der Waals surface area contributed by atoms with Crippen LogP contribution in [0.25, 0.3) is 11.3 Å². The van der Waals surface area contributed by atoms with Gasteiger partial charge in [-0.15, -0.1) is 0 Å². The number of hydrogen-bond donors (Lipinski definition) is 3. The Labute approximate surface area is 152 Å². The second kappa shape index (κ2) is 7.83. The highest BCUT2D eigenvalue weighted by Crippen LogP contribution is 2.28. The SMILES string of the molecule is Cc1onc(-c2ccc(F)cc2)c1C(=O)c1c[nH]c(OC(=O)NCCO)c1. The number of amides is 1. The summed E-state index contributed by atoms with van der Waals surface area (Å²) >= 11 is 0. The number of nitrogens with zero attached hydrogens (tertiary/aromatic N) is 1. The summed E-state index contributed by atoms with van der Waals surface area (Å²) < 4.78 is 23.3. The minimum atomic E-state index is -0.766. The van der Waals surface area contributed by atoms with Crippen molar-refractivity contribution in [2.24, 2.45) is 0 Å². The summed E-state index contributed by atoms with van der Waals surface area (Å²) in [5.41, 5.74) is 1.29. The molecule has 3 aromatic rings. The Morgan fingerprint density at radius 2 is 2.07 bits per heavy atom. The standard InChI is InChI=1S/C18H16FN3O5/c1-10-15(16(22-27-10)11-2-4-13(19)5-3-11)17(24)12-8-14(21-9-12)26-18(25)20-6-7-23/h2-5,8-9,21,23H,6-7H2,1H3,(H,20,25). The number of aryl methyl sites for hydroxylation is 1. The predicted octanol–water partition coefficient (Wildman–Crippen LogP) is 2.43. The Kier molecular flexibility index (Phi) is 5.32. The van der Waals surface area contributed by atoms with E-state index in [-0.39, 0.29) is 30.2 Å². The van der Waals surface area contributed by atoms with E-state index in [1.165, 1.54) is 36.5 Å². The third kappa shape index (κ3) is 4.04. The van der Waals surface area contributed by atoms with Gasteiger partial charge in [0.2, 0.25) is 11.7 Å². The lowest BCUT2D eigenvalue weighted by Gasteiger charge is -2.02. The number of aromatic amines is 1. The lowest BCUT2D eigenvalue weighted by Crippen LogP contribution is -2.29. The van der Waals surface area contributed by atoms with E-state index in [0.29, 0.717) is 17.0 Å². The van der Waals surface area contributed by atoms with Crippen LogP contribution in [0, 0.1) is 12.7 Å². The molecule has 1 amide bonds. The van der Waals surface area contributed by atoms with E-state index >= 15 is 0 Å². The molecule has 9 heteroatoms. The van der Waals surface area contributed by atoms with E-state index in [9.17, 15) is 14.0 Å². The molecule has 0 aliphatic heterocycles. The summed E-state index contributed by atoms with van der Waals surface area (Å²) in [6, 6.07) is 6.89. The number of ether oxygens (including phenoxy) is 1. The first-order valence-corrected chi connectivity index (χ1v) is 8.01. The number of nitrogens with one attached hydrogen (secondary N) is 2. The van der Waals surface area contributed by atoms with Crippen LogP contribution in [0.1, 0.15) is 21.7 Å². The van der Waals surface area contributed by atoms with Crippen LogP contribution in [0.15, 0.2) is 41.1 Å². The van der Waals surface area contributed by atoms with Gasteiger partial charge in [0.05, 0.1) is 12.2 Å². The summed E-state index contributed by atoms with van der Waals surface area (Å²) in [6.07, 6.45) is 0.621. The van der Waals surface area contributed by atoms with Crippen molar-refractivity contribution < 1.29 is 28.3 Å². The van der Waals surface area contributed by atoms with E-state index < -0.39 is 17.7 Å². The third-order valence-electron chi connectivity index (χ3n) is 3.71. The molecule has 0 unspecified atom stereocenters. The molecule has 1 aromatic carbocycles. The van der Waals surface area contributed by atoms with E-state index in [1.807, 2.05) is 0 Å². The number of halogens is 1. The number of aliphatic hydroxyl groups is 1.